The highest BCUT2D eigenvalue weighted by Gasteiger charge is 2.19. The summed E-state index contributed by atoms with van der Waals surface area (Å²) < 4.78 is 0.714. The number of hydrogen-bond acceptors (Lipinski definition) is 1. The van der Waals surface area contributed by atoms with Crippen molar-refractivity contribution in [3.63, 3.8) is 0 Å². The highest BCUT2D eigenvalue weighted by molar-refractivity contribution is 9.10. The first-order valence-corrected chi connectivity index (χ1v) is 11.1. The number of amides is 1. The van der Waals surface area contributed by atoms with Crippen LogP contribution in [0.5, 0.6) is 0 Å². The van der Waals surface area contributed by atoms with Crippen molar-refractivity contribution >= 4 is 61.6 Å². The molecule has 1 heterocycles. The van der Waals surface area contributed by atoms with Gasteiger partial charge in [0.1, 0.15) is 0 Å². The number of aromatic amines is 1. The van der Waals surface area contributed by atoms with Crippen molar-refractivity contribution in [2.24, 2.45) is 0 Å². The molecule has 152 valence electrons. The zero-order valence-corrected chi connectivity index (χ0v) is 19.4. The van der Waals surface area contributed by atoms with Crippen LogP contribution in [0, 0.1) is 0 Å². The predicted octanol–water partition coefficient (Wildman–Crippen LogP) is 7.50. The molecule has 0 bridgehead atoms. The lowest BCUT2D eigenvalue weighted by Crippen LogP contribution is -2.26. The molecule has 3 aromatic carbocycles. The number of aryl methyl sites for hydroxylation is 1. The van der Waals surface area contributed by atoms with Crippen LogP contribution in [0.1, 0.15) is 12.0 Å². The smallest absolute Gasteiger partial charge is 0.227 e. The number of nitrogens with one attached hydrogen (secondary N) is 1. The van der Waals surface area contributed by atoms with Crippen molar-refractivity contribution in [2.45, 2.75) is 12.8 Å². The van der Waals surface area contributed by atoms with E-state index in [1.54, 1.807) is 18.0 Å². The van der Waals surface area contributed by atoms with Gasteiger partial charge in [0.15, 0.2) is 0 Å². The number of para-hydroxylation sites is 1. The zero-order chi connectivity index (χ0) is 21.3. The number of benzene rings is 3. The number of rotatable bonds is 5. The minimum atomic E-state index is 0.00774. The van der Waals surface area contributed by atoms with Crippen molar-refractivity contribution in [1.82, 2.24) is 4.98 Å². The van der Waals surface area contributed by atoms with Gasteiger partial charge in [0.2, 0.25) is 5.91 Å². The van der Waals surface area contributed by atoms with Crippen LogP contribution in [0.25, 0.3) is 22.2 Å². The van der Waals surface area contributed by atoms with E-state index in [2.05, 4.69) is 33.0 Å². The van der Waals surface area contributed by atoms with Crippen LogP contribution >= 0.6 is 39.1 Å². The van der Waals surface area contributed by atoms with Crippen LogP contribution in [-0.2, 0) is 11.2 Å². The molecule has 4 rings (SSSR count). The Labute approximate surface area is 193 Å². The topological polar surface area (TPSA) is 36.1 Å². The van der Waals surface area contributed by atoms with Gasteiger partial charge < -0.3 is 9.88 Å². The van der Waals surface area contributed by atoms with E-state index in [4.69, 9.17) is 23.2 Å². The van der Waals surface area contributed by atoms with E-state index >= 15 is 0 Å². The standard InChI is InChI=1S/C24H19BrCl2N2O/c1-29(20-12-6-10-18(26)22(20)25)21(30)14-13-17-16-9-5-11-19(27)24(16)28-23(17)15-7-3-2-4-8-15/h2-12,28H,13-14H2,1H3. The summed E-state index contributed by atoms with van der Waals surface area (Å²) in [7, 11) is 1.77. The summed E-state index contributed by atoms with van der Waals surface area (Å²) in [6.45, 7) is 0. The van der Waals surface area contributed by atoms with Gasteiger partial charge in [0.05, 0.1) is 25.7 Å². The van der Waals surface area contributed by atoms with Crippen LogP contribution < -0.4 is 4.90 Å². The summed E-state index contributed by atoms with van der Waals surface area (Å²) in [4.78, 5) is 18.1. The molecule has 4 aromatic rings. The Morgan fingerprint density at radius 2 is 1.67 bits per heavy atom. The molecule has 0 aliphatic rings. The van der Waals surface area contributed by atoms with Crippen molar-refractivity contribution in [2.75, 3.05) is 11.9 Å². The van der Waals surface area contributed by atoms with Crippen molar-refractivity contribution in [1.29, 1.82) is 0 Å². The Kier molecular flexibility index (Phi) is 6.19. The van der Waals surface area contributed by atoms with Gasteiger partial charge in [0, 0.05) is 24.5 Å². The monoisotopic (exact) mass is 500 g/mol. The molecule has 0 unspecified atom stereocenters. The van der Waals surface area contributed by atoms with Gasteiger partial charge in [-0.15, -0.1) is 0 Å². The number of nitrogens with zero attached hydrogens (tertiary/aromatic N) is 1. The first-order valence-electron chi connectivity index (χ1n) is 9.52. The van der Waals surface area contributed by atoms with Crippen molar-refractivity contribution in [3.05, 3.63) is 86.8 Å². The molecule has 0 radical (unpaired) electrons. The second-order valence-electron chi connectivity index (χ2n) is 7.03. The lowest BCUT2D eigenvalue weighted by Gasteiger charge is -2.19. The molecule has 30 heavy (non-hydrogen) atoms. The van der Waals surface area contributed by atoms with Gasteiger partial charge in [0.25, 0.3) is 0 Å². The molecule has 0 spiro atoms. The van der Waals surface area contributed by atoms with Crippen LogP contribution in [0.4, 0.5) is 5.69 Å². The second kappa shape index (κ2) is 8.84. The van der Waals surface area contributed by atoms with Gasteiger partial charge >= 0.3 is 0 Å². The number of H-pyrrole nitrogens is 1. The number of hydrogen-bond donors (Lipinski definition) is 1. The van der Waals surface area contributed by atoms with Crippen molar-refractivity contribution < 1.29 is 4.79 Å². The maximum absolute atomic E-state index is 13.0. The van der Waals surface area contributed by atoms with Gasteiger partial charge in [-0.2, -0.15) is 0 Å². The number of carbonyl (C=O) groups excluding carboxylic acids is 1. The summed E-state index contributed by atoms with van der Waals surface area (Å²) in [5.74, 6) is 0.00774. The summed E-state index contributed by atoms with van der Waals surface area (Å²) in [6.07, 6.45) is 0.945. The minimum Gasteiger partial charge on any atom is -0.353 e. The third-order valence-electron chi connectivity index (χ3n) is 5.21. The third-order valence-corrected chi connectivity index (χ3v) is 6.90. The number of fused-ring (bicyclic) bond motifs is 1. The van der Waals surface area contributed by atoms with Gasteiger partial charge in [-0.3, -0.25) is 4.79 Å². The molecule has 1 N–H and O–H groups in total. The molecule has 0 atom stereocenters. The zero-order valence-electron chi connectivity index (χ0n) is 16.3. The van der Waals surface area contributed by atoms with E-state index < -0.39 is 0 Å². The molecule has 0 saturated heterocycles. The van der Waals surface area contributed by atoms with Gasteiger partial charge in [-0.1, -0.05) is 71.7 Å². The third kappa shape index (κ3) is 4.00. The molecule has 3 nitrogen and oxygen atoms in total. The summed E-state index contributed by atoms with van der Waals surface area (Å²) in [5.41, 5.74) is 4.80. The Hall–Kier alpha value is -2.27. The van der Waals surface area contributed by atoms with E-state index in [1.807, 2.05) is 48.5 Å². The highest BCUT2D eigenvalue weighted by Crippen LogP contribution is 2.35. The van der Waals surface area contributed by atoms with E-state index in [-0.39, 0.29) is 5.91 Å². The van der Waals surface area contributed by atoms with Gasteiger partial charge in [-0.05, 0) is 51.7 Å². The molecule has 0 aliphatic heterocycles. The number of carbonyl (C=O) groups is 1. The summed E-state index contributed by atoms with van der Waals surface area (Å²) in [5, 5.41) is 2.28. The molecule has 0 saturated carbocycles. The molecule has 0 fully saturated rings. The summed E-state index contributed by atoms with van der Waals surface area (Å²) >= 11 is 16.1. The van der Waals surface area contributed by atoms with E-state index in [0.717, 1.165) is 33.4 Å². The van der Waals surface area contributed by atoms with Crippen molar-refractivity contribution in [3.8, 4) is 11.3 Å². The fourth-order valence-corrected chi connectivity index (χ4v) is 4.56. The highest BCUT2D eigenvalue weighted by atomic mass is 79.9. The van der Waals surface area contributed by atoms with Crippen LogP contribution in [0.3, 0.4) is 0 Å². The Morgan fingerprint density at radius 3 is 2.43 bits per heavy atom. The Morgan fingerprint density at radius 1 is 0.967 bits per heavy atom. The summed E-state index contributed by atoms with van der Waals surface area (Å²) in [6, 6.07) is 21.4. The van der Waals surface area contributed by atoms with E-state index in [0.29, 0.717) is 27.4 Å². The van der Waals surface area contributed by atoms with E-state index in [9.17, 15) is 4.79 Å². The predicted molar refractivity (Wildman–Crippen MR) is 130 cm³/mol. The maximum Gasteiger partial charge on any atom is 0.227 e. The first-order chi connectivity index (χ1) is 14.5. The number of halogens is 3. The fraction of sp³-hybridized carbons (Fsp3) is 0.125. The molecule has 6 heteroatoms. The quantitative estimate of drug-likeness (QED) is 0.302. The van der Waals surface area contributed by atoms with Gasteiger partial charge in [-0.25, -0.2) is 0 Å². The SMILES string of the molecule is CN(C(=O)CCc1c(-c2ccccc2)[nH]c2c(Cl)cccc12)c1cccc(Cl)c1Br. The fourth-order valence-electron chi connectivity index (χ4n) is 3.63. The first kappa shape index (κ1) is 21.0. The molecular weight excluding hydrogens is 483 g/mol. The number of anilines is 1. The maximum atomic E-state index is 13.0. The van der Waals surface area contributed by atoms with Crippen LogP contribution in [-0.4, -0.2) is 17.9 Å². The lowest BCUT2D eigenvalue weighted by atomic mass is 10.0. The molecule has 0 aliphatic carbocycles. The molecule has 1 amide bonds. The van der Waals surface area contributed by atoms with Crippen LogP contribution in [0.15, 0.2) is 71.2 Å². The normalized spacial score (nSPS) is 11.1. The lowest BCUT2D eigenvalue weighted by molar-refractivity contribution is -0.118. The Bertz CT molecular complexity index is 1220. The minimum absolute atomic E-state index is 0.00774. The average molecular weight is 502 g/mol. The largest absolute Gasteiger partial charge is 0.353 e. The second-order valence-corrected chi connectivity index (χ2v) is 8.64. The average Bonchev–Trinajstić information content (AvgIpc) is 3.14. The van der Waals surface area contributed by atoms with Crippen LogP contribution in [0.2, 0.25) is 10.0 Å². The number of aromatic nitrogens is 1. The molecule has 1 aromatic heterocycles. The van der Waals surface area contributed by atoms with E-state index in [1.165, 1.54) is 0 Å². The molecular formula is C24H19BrCl2N2O. The Balaban J connectivity index is 1.66.